The molecular formula is C30H27F7O2. The SMILES string of the molecule is CCCCCC1CCC(c2ccc(C(F)(F)Oc3ccc4c(F)c(C#CC(F)(F)F)c(F)cc4c3)cc2)OC1. The van der Waals surface area contributed by atoms with Crippen LogP contribution < -0.4 is 4.74 Å². The molecule has 0 radical (unpaired) electrons. The third-order valence-electron chi connectivity index (χ3n) is 6.78. The zero-order valence-corrected chi connectivity index (χ0v) is 21.2. The van der Waals surface area contributed by atoms with Gasteiger partial charge in [-0.05, 0) is 72.5 Å². The summed E-state index contributed by atoms with van der Waals surface area (Å²) in [6, 6.07) is 9.39. The zero-order valence-electron chi connectivity index (χ0n) is 21.2. The van der Waals surface area contributed by atoms with Gasteiger partial charge in [-0.2, -0.15) is 22.0 Å². The topological polar surface area (TPSA) is 18.5 Å². The molecule has 1 fully saturated rings. The van der Waals surface area contributed by atoms with Crippen LogP contribution in [0.1, 0.15) is 68.2 Å². The van der Waals surface area contributed by atoms with Gasteiger partial charge in [0.05, 0.1) is 23.8 Å². The predicted octanol–water partition coefficient (Wildman–Crippen LogP) is 9.21. The van der Waals surface area contributed by atoms with Crippen LogP contribution in [-0.4, -0.2) is 12.8 Å². The molecule has 208 valence electrons. The Kier molecular flexibility index (Phi) is 8.75. The molecule has 0 amide bonds. The summed E-state index contributed by atoms with van der Waals surface area (Å²) in [4.78, 5) is 0. The van der Waals surface area contributed by atoms with Crippen molar-refractivity contribution in [1.29, 1.82) is 0 Å². The smallest absolute Gasteiger partial charge is 0.429 e. The Labute approximate surface area is 222 Å². The third kappa shape index (κ3) is 7.24. The summed E-state index contributed by atoms with van der Waals surface area (Å²) < 4.78 is 107. The summed E-state index contributed by atoms with van der Waals surface area (Å²) in [6.07, 6.45) is -2.35. The van der Waals surface area contributed by atoms with Crippen molar-refractivity contribution < 1.29 is 40.2 Å². The van der Waals surface area contributed by atoms with Crippen LogP contribution in [-0.2, 0) is 10.8 Å². The number of benzene rings is 3. The lowest BCUT2D eigenvalue weighted by Crippen LogP contribution is -2.23. The van der Waals surface area contributed by atoms with Crippen LogP contribution in [0.3, 0.4) is 0 Å². The summed E-state index contributed by atoms with van der Waals surface area (Å²) in [5.41, 5.74) is -0.690. The van der Waals surface area contributed by atoms with Crippen molar-refractivity contribution in [3.63, 3.8) is 0 Å². The molecule has 0 saturated carbocycles. The molecule has 1 heterocycles. The molecule has 9 heteroatoms. The van der Waals surface area contributed by atoms with Crippen LogP contribution in [0.15, 0.2) is 48.5 Å². The number of rotatable bonds is 8. The predicted molar refractivity (Wildman–Crippen MR) is 133 cm³/mol. The van der Waals surface area contributed by atoms with E-state index in [0.29, 0.717) is 12.5 Å². The lowest BCUT2D eigenvalue weighted by atomic mass is 9.91. The van der Waals surface area contributed by atoms with Gasteiger partial charge in [0.1, 0.15) is 17.4 Å². The molecule has 2 nitrogen and oxygen atoms in total. The van der Waals surface area contributed by atoms with E-state index in [2.05, 4.69) is 6.92 Å². The lowest BCUT2D eigenvalue weighted by molar-refractivity contribution is -0.185. The standard InChI is InChI=1S/C30H27F7O2/c1-2-3-4-5-19-6-13-27(38-18-19)20-7-9-22(10-8-20)30(36,37)39-23-11-12-24-21(16-23)17-26(31)25(28(24)32)14-15-29(33,34)35/h7-12,16-17,19,27H,2-6,13,18H2,1H3. The highest BCUT2D eigenvalue weighted by Crippen LogP contribution is 2.37. The molecule has 3 aromatic carbocycles. The molecule has 0 aliphatic carbocycles. The minimum atomic E-state index is -4.93. The van der Waals surface area contributed by atoms with E-state index in [1.165, 1.54) is 37.3 Å². The largest absolute Gasteiger partial charge is 0.458 e. The Hall–Kier alpha value is -3.25. The molecule has 2 unspecified atom stereocenters. The fraction of sp³-hybridized carbons (Fsp3) is 0.400. The van der Waals surface area contributed by atoms with Crippen LogP contribution in [0.2, 0.25) is 0 Å². The molecule has 0 aromatic heterocycles. The van der Waals surface area contributed by atoms with Crippen molar-refractivity contribution in [2.75, 3.05) is 6.61 Å². The second kappa shape index (κ2) is 11.9. The monoisotopic (exact) mass is 552 g/mol. The van der Waals surface area contributed by atoms with Gasteiger partial charge in [-0.25, -0.2) is 8.78 Å². The van der Waals surface area contributed by atoms with Gasteiger partial charge in [-0.1, -0.05) is 44.2 Å². The normalized spacial score (nSPS) is 18.1. The summed E-state index contributed by atoms with van der Waals surface area (Å²) in [5, 5.41) is -0.461. The molecule has 0 bridgehead atoms. The first kappa shape index (κ1) is 28.8. The van der Waals surface area contributed by atoms with Crippen molar-refractivity contribution in [1.82, 2.24) is 0 Å². The van der Waals surface area contributed by atoms with Gasteiger partial charge in [0, 0.05) is 11.3 Å². The summed E-state index contributed by atoms with van der Waals surface area (Å²) >= 11 is 0. The average molecular weight is 553 g/mol. The number of unbranched alkanes of at least 4 members (excludes halogenated alkanes) is 2. The third-order valence-corrected chi connectivity index (χ3v) is 6.78. The van der Waals surface area contributed by atoms with Crippen LogP contribution >= 0.6 is 0 Å². The Bertz CT molecular complexity index is 1350. The molecule has 1 aliphatic heterocycles. The summed E-state index contributed by atoms with van der Waals surface area (Å²) in [7, 11) is 0. The second-order valence-corrected chi connectivity index (χ2v) is 9.68. The second-order valence-electron chi connectivity index (χ2n) is 9.68. The molecule has 3 aromatic rings. The van der Waals surface area contributed by atoms with E-state index in [4.69, 9.17) is 9.47 Å². The van der Waals surface area contributed by atoms with Gasteiger partial charge in [-0.3, -0.25) is 0 Å². The summed E-state index contributed by atoms with van der Waals surface area (Å²) in [5.74, 6) is -0.276. The lowest BCUT2D eigenvalue weighted by Gasteiger charge is -2.29. The maximum atomic E-state index is 14.9. The Morgan fingerprint density at radius 1 is 0.949 bits per heavy atom. The van der Waals surface area contributed by atoms with Crippen molar-refractivity contribution in [2.45, 2.75) is 63.8 Å². The number of hydrogen-bond acceptors (Lipinski definition) is 2. The quantitative estimate of drug-likeness (QED) is 0.158. The van der Waals surface area contributed by atoms with Crippen LogP contribution in [0, 0.1) is 29.4 Å². The van der Waals surface area contributed by atoms with E-state index in [0.717, 1.165) is 55.0 Å². The van der Waals surface area contributed by atoms with E-state index in [9.17, 15) is 30.7 Å². The zero-order chi connectivity index (χ0) is 28.2. The molecule has 2 atom stereocenters. The van der Waals surface area contributed by atoms with Crippen molar-refractivity contribution in [3.05, 3.63) is 76.9 Å². The number of hydrogen-bond donors (Lipinski definition) is 0. The average Bonchev–Trinajstić information content (AvgIpc) is 2.88. The van der Waals surface area contributed by atoms with E-state index >= 15 is 0 Å². The Balaban J connectivity index is 1.45. The highest BCUT2D eigenvalue weighted by Gasteiger charge is 2.35. The highest BCUT2D eigenvalue weighted by molar-refractivity contribution is 5.86. The molecule has 0 N–H and O–H groups in total. The number of ether oxygens (including phenoxy) is 2. The Morgan fingerprint density at radius 3 is 2.33 bits per heavy atom. The fourth-order valence-electron chi connectivity index (χ4n) is 4.70. The van der Waals surface area contributed by atoms with E-state index in [1.807, 2.05) is 0 Å². The van der Waals surface area contributed by atoms with Gasteiger partial charge in [0.2, 0.25) is 0 Å². The van der Waals surface area contributed by atoms with Gasteiger partial charge < -0.3 is 9.47 Å². The van der Waals surface area contributed by atoms with Crippen molar-refractivity contribution >= 4 is 10.8 Å². The highest BCUT2D eigenvalue weighted by atomic mass is 19.4. The maximum absolute atomic E-state index is 14.9. The van der Waals surface area contributed by atoms with Gasteiger partial charge in [0.25, 0.3) is 0 Å². The number of alkyl halides is 5. The van der Waals surface area contributed by atoms with Gasteiger partial charge in [0.15, 0.2) is 0 Å². The van der Waals surface area contributed by atoms with E-state index in [1.54, 1.807) is 12.1 Å². The van der Waals surface area contributed by atoms with Gasteiger partial charge in [-0.15, -0.1) is 0 Å². The Morgan fingerprint density at radius 2 is 1.69 bits per heavy atom. The molecule has 1 aliphatic rings. The van der Waals surface area contributed by atoms with E-state index in [-0.39, 0.29) is 22.6 Å². The maximum Gasteiger partial charge on any atom is 0.458 e. The first-order valence-electron chi connectivity index (χ1n) is 12.8. The molecule has 39 heavy (non-hydrogen) atoms. The minimum absolute atomic E-state index is 0.160. The van der Waals surface area contributed by atoms with Crippen molar-refractivity contribution in [3.8, 4) is 17.6 Å². The molecular weight excluding hydrogens is 525 g/mol. The summed E-state index contributed by atoms with van der Waals surface area (Å²) in [6.45, 7) is 2.81. The molecule has 0 spiro atoms. The van der Waals surface area contributed by atoms with Crippen molar-refractivity contribution in [2.24, 2.45) is 5.92 Å². The number of fused-ring (bicyclic) bond motifs is 1. The molecule has 1 saturated heterocycles. The van der Waals surface area contributed by atoms with Crippen LogP contribution in [0.4, 0.5) is 30.7 Å². The minimum Gasteiger partial charge on any atom is -0.429 e. The van der Waals surface area contributed by atoms with Crippen LogP contribution in [0.25, 0.3) is 10.8 Å². The first-order valence-corrected chi connectivity index (χ1v) is 12.8. The van der Waals surface area contributed by atoms with Crippen LogP contribution in [0.5, 0.6) is 5.75 Å². The van der Waals surface area contributed by atoms with Gasteiger partial charge >= 0.3 is 12.3 Å². The fourth-order valence-corrected chi connectivity index (χ4v) is 4.70. The number of halogens is 7. The first-order chi connectivity index (χ1) is 18.5. The molecule has 4 rings (SSSR count). The van der Waals surface area contributed by atoms with E-state index < -0.39 is 35.0 Å².